The Morgan fingerprint density at radius 1 is 1.07 bits per heavy atom. The average molecular weight is 393 g/mol. The topological polar surface area (TPSA) is 77.7 Å². The summed E-state index contributed by atoms with van der Waals surface area (Å²) in [6, 6.07) is 15.0. The SMILES string of the molecule is COc1cccc(OC)c1C(=O)N1CCC[C@@H](c2nc(-c3ccccc3)no2)C1. The Labute approximate surface area is 169 Å². The molecule has 0 aliphatic carbocycles. The van der Waals surface area contributed by atoms with E-state index in [4.69, 9.17) is 14.0 Å². The fourth-order valence-electron chi connectivity index (χ4n) is 3.69. The van der Waals surface area contributed by atoms with Crippen LogP contribution in [-0.4, -0.2) is 48.3 Å². The molecule has 7 heteroatoms. The Morgan fingerprint density at radius 2 is 1.79 bits per heavy atom. The number of likely N-dealkylation sites (tertiary alicyclic amines) is 1. The molecule has 1 aliphatic heterocycles. The van der Waals surface area contributed by atoms with Crippen molar-refractivity contribution in [2.45, 2.75) is 18.8 Å². The van der Waals surface area contributed by atoms with Gasteiger partial charge >= 0.3 is 0 Å². The molecule has 150 valence electrons. The molecule has 0 N–H and O–H groups in total. The van der Waals surface area contributed by atoms with Crippen LogP contribution in [0.5, 0.6) is 11.5 Å². The summed E-state index contributed by atoms with van der Waals surface area (Å²) >= 11 is 0. The third-order valence-electron chi connectivity index (χ3n) is 5.17. The van der Waals surface area contributed by atoms with Gasteiger partial charge in [0.1, 0.15) is 17.1 Å². The van der Waals surface area contributed by atoms with Gasteiger partial charge in [-0.15, -0.1) is 0 Å². The number of hydrogen-bond donors (Lipinski definition) is 0. The molecule has 0 spiro atoms. The maximum Gasteiger partial charge on any atom is 0.261 e. The molecule has 4 rings (SSSR count). The minimum Gasteiger partial charge on any atom is -0.496 e. The molecule has 1 amide bonds. The third kappa shape index (κ3) is 3.81. The van der Waals surface area contributed by atoms with E-state index < -0.39 is 0 Å². The zero-order chi connectivity index (χ0) is 20.2. The zero-order valence-corrected chi connectivity index (χ0v) is 16.5. The van der Waals surface area contributed by atoms with Crippen LogP contribution in [0.1, 0.15) is 35.0 Å². The number of carbonyl (C=O) groups excluding carboxylic acids is 1. The highest BCUT2D eigenvalue weighted by Crippen LogP contribution is 2.33. The zero-order valence-electron chi connectivity index (χ0n) is 16.5. The number of benzene rings is 2. The van der Waals surface area contributed by atoms with Crippen molar-refractivity contribution < 1.29 is 18.8 Å². The maximum absolute atomic E-state index is 13.3. The maximum atomic E-state index is 13.3. The number of methoxy groups -OCH3 is 2. The van der Waals surface area contributed by atoms with Crippen molar-refractivity contribution in [2.75, 3.05) is 27.3 Å². The molecule has 1 atom stereocenters. The van der Waals surface area contributed by atoms with Gasteiger partial charge in [-0.2, -0.15) is 4.98 Å². The minimum absolute atomic E-state index is 0.00151. The number of ether oxygens (including phenoxy) is 2. The molecule has 7 nitrogen and oxygen atoms in total. The van der Waals surface area contributed by atoms with Gasteiger partial charge in [0, 0.05) is 18.7 Å². The van der Waals surface area contributed by atoms with E-state index in [0.29, 0.717) is 41.9 Å². The molecular weight excluding hydrogens is 370 g/mol. The average Bonchev–Trinajstić information content (AvgIpc) is 3.29. The lowest BCUT2D eigenvalue weighted by molar-refractivity contribution is 0.0688. The number of carbonyl (C=O) groups is 1. The quantitative estimate of drug-likeness (QED) is 0.657. The smallest absolute Gasteiger partial charge is 0.261 e. The van der Waals surface area contributed by atoms with Gasteiger partial charge in [-0.3, -0.25) is 4.79 Å². The molecule has 3 aromatic rings. The molecule has 2 aromatic carbocycles. The van der Waals surface area contributed by atoms with E-state index in [1.54, 1.807) is 37.3 Å². The molecule has 1 fully saturated rings. The highest BCUT2D eigenvalue weighted by molar-refractivity contribution is 5.99. The van der Waals surface area contributed by atoms with Crippen LogP contribution in [0.25, 0.3) is 11.4 Å². The lowest BCUT2D eigenvalue weighted by Gasteiger charge is -2.31. The van der Waals surface area contributed by atoms with Crippen LogP contribution >= 0.6 is 0 Å². The molecule has 2 heterocycles. The Morgan fingerprint density at radius 3 is 2.48 bits per heavy atom. The fraction of sp³-hybridized carbons (Fsp3) is 0.318. The van der Waals surface area contributed by atoms with Crippen molar-refractivity contribution >= 4 is 5.91 Å². The fourth-order valence-corrected chi connectivity index (χ4v) is 3.69. The van der Waals surface area contributed by atoms with Gasteiger partial charge in [0.05, 0.1) is 20.1 Å². The number of piperidine rings is 1. The second-order valence-electron chi connectivity index (χ2n) is 6.95. The van der Waals surface area contributed by atoms with Crippen molar-refractivity contribution in [3.8, 4) is 22.9 Å². The first-order chi connectivity index (χ1) is 14.2. The summed E-state index contributed by atoms with van der Waals surface area (Å²) in [6.45, 7) is 1.17. The highest BCUT2D eigenvalue weighted by atomic mass is 16.5. The first kappa shape index (κ1) is 19.0. The van der Waals surface area contributed by atoms with Gasteiger partial charge in [-0.05, 0) is 25.0 Å². The number of hydrogen-bond acceptors (Lipinski definition) is 6. The molecule has 1 aliphatic rings. The van der Waals surface area contributed by atoms with Gasteiger partial charge in [0.25, 0.3) is 5.91 Å². The second kappa shape index (κ2) is 8.34. The predicted octanol–water partition coefficient (Wildman–Crippen LogP) is 3.77. The third-order valence-corrected chi connectivity index (χ3v) is 5.17. The van der Waals surface area contributed by atoms with Crippen molar-refractivity contribution in [3.63, 3.8) is 0 Å². The van der Waals surface area contributed by atoms with Crippen LogP contribution in [0.2, 0.25) is 0 Å². The van der Waals surface area contributed by atoms with Gasteiger partial charge in [-0.1, -0.05) is 41.6 Å². The van der Waals surface area contributed by atoms with E-state index in [1.165, 1.54) is 0 Å². The number of nitrogens with zero attached hydrogens (tertiary/aromatic N) is 3. The second-order valence-corrected chi connectivity index (χ2v) is 6.95. The van der Waals surface area contributed by atoms with Crippen molar-refractivity contribution in [1.29, 1.82) is 0 Å². The summed E-state index contributed by atoms with van der Waals surface area (Å²) in [5, 5.41) is 4.11. The molecule has 0 unspecified atom stereocenters. The van der Waals surface area contributed by atoms with Crippen LogP contribution < -0.4 is 9.47 Å². The van der Waals surface area contributed by atoms with E-state index in [1.807, 2.05) is 30.3 Å². The summed E-state index contributed by atoms with van der Waals surface area (Å²) in [4.78, 5) is 19.6. The van der Waals surface area contributed by atoms with E-state index in [9.17, 15) is 4.79 Å². The summed E-state index contributed by atoms with van der Waals surface area (Å²) in [7, 11) is 3.10. The molecule has 0 saturated carbocycles. The molecule has 29 heavy (non-hydrogen) atoms. The molecule has 0 radical (unpaired) electrons. The number of amides is 1. The highest BCUT2D eigenvalue weighted by Gasteiger charge is 2.31. The Kier molecular flexibility index (Phi) is 5.46. The minimum atomic E-state index is -0.119. The Bertz CT molecular complexity index is 964. The first-order valence-electron chi connectivity index (χ1n) is 9.60. The van der Waals surface area contributed by atoms with Gasteiger partial charge in [-0.25, -0.2) is 0 Å². The van der Waals surface area contributed by atoms with Crippen LogP contribution in [0.3, 0.4) is 0 Å². The summed E-state index contributed by atoms with van der Waals surface area (Å²) in [5.74, 6) is 2.01. The van der Waals surface area contributed by atoms with Gasteiger partial charge in [0.2, 0.25) is 11.7 Å². The van der Waals surface area contributed by atoms with Crippen LogP contribution in [0, 0.1) is 0 Å². The van der Waals surface area contributed by atoms with Crippen LogP contribution in [0.4, 0.5) is 0 Å². The standard InChI is InChI=1S/C22H23N3O4/c1-27-17-11-6-12-18(28-2)19(17)22(26)25-13-7-10-16(14-25)21-23-20(24-29-21)15-8-4-3-5-9-15/h3-6,8-9,11-12,16H,7,10,13-14H2,1-2H3/t16-/m1/s1. The number of aromatic nitrogens is 2. The summed E-state index contributed by atoms with van der Waals surface area (Å²) in [6.07, 6.45) is 1.75. The Hall–Kier alpha value is -3.35. The van der Waals surface area contributed by atoms with E-state index in [0.717, 1.165) is 18.4 Å². The number of rotatable bonds is 5. The first-order valence-corrected chi connectivity index (χ1v) is 9.60. The molecule has 0 bridgehead atoms. The van der Waals surface area contributed by atoms with Crippen molar-refractivity contribution in [1.82, 2.24) is 15.0 Å². The van der Waals surface area contributed by atoms with Gasteiger partial charge in [0.15, 0.2) is 0 Å². The predicted molar refractivity (Wildman–Crippen MR) is 107 cm³/mol. The van der Waals surface area contributed by atoms with Crippen LogP contribution in [-0.2, 0) is 0 Å². The van der Waals surface area contributed by atoms with Crippen molar-refractivity contribution in [3.05, 3.63) is 60.0 Å². The lowest BCUT2D eigenvalue weighted by Crippen LogP contribution is -2.39. The lowest BCUT2D eigenvalue weighted by atomic mass is 9.97. The van der Waals surface area contributed by atoms with E-state index >= 15 is 0 Å². The Balaban J connectivity index is 1.55. The molecular formula is C22H23N3O4. The summed E-state index contributed by atoms with van der Waals surface area (Å²) in [5.41, 5.74) is 1.35. The van der Waals surface area contributed by atoms with Gasteiger partial charge < -0.3 is 18.9 Å². The van der Waals surface area contributed by atoms with E-state index in [2.05, 4.69) is 10.1 Å². The largest absolute Gasteiger partial charge is 0.496 e. The normalized spacial score (nSPS) is 16.5. The van der Waals surface area contributed by atoms with Crippen molar-refractivity contribution in [2.24, 2.45) is 0 Å². The summed E-state index contributed by atoms with van der Waals surface area (Å²) < 4.78 is 16.3. The monoisotopic (exact) mass is 393 g/mol. The van der Waals surface area contributed by atoms with E-state index in [-0.39, 0.29) is 11.8 Å². The molecule has 1 saturated heterocycles. The molecule has 1 aromatic heterocycles. The van der Waals surface area contributed by atoms with Crippen LogP contribution in [0.15, 0.2) is 53.1 Å².